The van der Waals surface area contributed by atoms with Gasteiger partial charge in [-0.25, -0.2) is 0 Å². The zero-order valence-corrected chi connectivity index (χ0v) is 11.3. The molecule has 0 radical (unpaired) electrons. The Morgan fingerprint density at radius 2 is 2.13 bits per heavy atom. The van der Waals surface area contributed by atoms with Crippen molar-refractivity contribution in [2.75, 3.05) is 12.3 Å². The Labute approximate surface area is 98.3 Å². The van der Waals surface area contributed by atoms with Crippen molar-refractivity contribution in [2.45, 2.75) is 52.5 Å². The van der Waals surface area contributed by atoms with Crippen molar-refractivity contribution in [2.24, 2.45) is 10.9 Å². The summed E-state index contributed by atoms with van der Waals surface area (Å²) in [5, 5.41) is 4.59. The van der Waals surface area contributed by atoms with E-state index in [2.05, 4.69) is 38.0 Å². The summed E-state index contributed by atoms with van der Waals surface area (Å²) in [4.78, 5) is 4.58. The van der Waals surface area contributed by atoms with Gasteiger partial charge in [0.15, 0.2) is 5.17 Å². The lowest BCUT2D eigenvalue weighted by Gasteiger charge is -2.15. The van der Waals surface area contributed by atoms with Gasteiger partial charge >= 0.3 is 0 Å². The number of rotatable bonds is 5. The molecule has 0 unspecified atom stereocenters. The van der Waals surface area contributed by atoms with E-state index in [-0.39, 0.29) is 5.54 Å². The molecule has 1 rings (SSSR count). The summed E-state index contributed by atoms with van der Waals surface area (Å²) in [6.45, 7) is 9.99. The van der Waals surface area contributed by atoms with Gasteiger partial charge in [0.2, 0.25) is 0 Å². The van der Waals surface area contributed by atoms with Crippen LogP contribution >= 0.6 is 11.8 Å². The van der Waals surface area contributed by atoms with E-state index in [9.17, 15) is 0 Å². The molecule has 1 fully saturated rings. The van der Waals surface area contributed by atoms with Crippen molar-refractivity contribution >= 4 is 16.9 Å². The number of unbranched alkanes of at least 4 members (excludes halogenated alkanes) is 1. The molecule has 15 heavy (non-hydrogen) atoms. The lowest BCUT2D eigenvalue weighted by molar-refractivity contribution is 0.532. The third-order valence-corrected chi connectivity index (χ3v) is 3.83. The van der Waals surface area contributed by atoms with E-state index in [4.69, 9.17) is 0 Å². The van der Waals surface area contributed by atoms with Crippen LogP contribution in [0.4, 0.5) is 0 Å². The summed E-state index contributed by atoms with van der Waals surface area (Å²) in [5.41, 5.74) is 0.238. The predicted molar refractivity (Wildman–Crippen MR) is 70.7 cm³/mol. The quantitative estimate of drug-likeness (QED) is 0.730. The van der Waals surface area contributed by atoms with Crippen LogP contribution in [0.5, 0.6) is 0 Å². The summed E-state index contributed by atoms with van der Waals surface area (Å²) >= 11 is 1.85. The SMILES string of the molecule is CC(C)CCCCN=C1NC(C)(C)CS1. The fourth-order valence-corrected chi connectivity index (χ4v) is 2.64. The first-order chi connectivity index (χ1) is 6.99. The molecule has 88 valence electrons. The van der Waals surface area contributed by atoms with Crippen molar-refractivity contribution in [1.29, 1.82) is 0 Å². The third kappa shape index (κ3) is 5.45. The van der Waals surface area contributed by atoms with Gasteiger partial charge < -0.3 is 5.32 Å². The van der Waals surface area contributed by atoms with Crippen LogP contribution in [0.25, 0.3) is 0 Å². The van der Waals surface area contributed by atoms with Gasteiger partial charge in [-0.2, -0.15) is 0 Å². The van der Waals surface area contributed by atoms with Gasteiger partial charge in [0, 0.05) is 17.8 Å². The minimum Gasteiger partial charge on any atom is -0.359 e. The molecule has 1 aliphatic rings. The predicted octanol–water partition coefficient (Wildman–Crippen LogP) is 3.28. The van der Waals surface area contributed by atoms with E-state index in [1.165, 1.54) is 19.3 Å². The lowest BCUT2D eigenvalue weighted by atomic mass is 10.1. The van der Waals surface area contributed by atoms with Crippen LogP contribution < -0.4 is 5.32 Å². The van der Waals surface area contributed by atoms with Gasteiger partial charge in [-0.15, -0.1) is 0 Å². The van der Waals surface area contributed by atoms with Crippen molar-refractivity contribution in [1.82, 2.24) is 5.32 Å². The van der Waals surface area contributed by atoms with E-state index < -0.39 is 0 Å². The number of nitrogens with one attached hydrogen (secondary N) is 1. The van der Waals surface area contributed by atoms with Crippen LogP contribution in [0.2, 0.25) is 0 Å². The van der Waals surface area contributed by atoms with Crippen LogP contribution in [-0.2, 0) is 0 Å². The van der Waals surface area contributed by atoms with Gasteiger partial charge in [-0.3, -0.25) is 4.99 Å². The molecule has 0 saturated carbocycles. The monoisotopic (exact) mass is 228 g/mol. The summed E-state index contributed by atoms with van der Waals surface area (Å²) < 4.78 is 0. The number of thioether (sulfide) groups is 1. The number of amidine groups is 1. The summed E-state index contributed by atoms with van der Waals surface area (Å²) in [6.07, 6.45) is 3.86. The molecule has 3 heteroatoms. The lowest BCUT2D eigenvalue weighted by Crippen LogP contribution is -2.36. The highest BCUT2D eigenvalue weighted by Crippen LogP contribution is 2.22. The average molecular weight is 228 g/mol. The fraction of sp³-hybridized carbons (Fsp3) is 0.917. The van der Waals surface area contributed by atoms with E-state index in [0.717, 1.165) is 23.4 Å². The number of hydrogen-bond acceptors (Lipinski definition) is 2. The van der Waals surface area contributed by atoms with Crippen molar-refractivity contribution in [3.63, 3.8) is 0 Å². The van der Waals surface area contributed by atoms with E-state index in [1.54, 1.807) is 0 Å². The maximum absolute atomic E-state index is 4.58. The first-order valence-electron chi connectivity index (χ1n) is 5.95. The fourth-order valence-electron chi connectivity index (χ4n) is 1.54. The van der Waals surface area contributed by atoms with Gasteiger partial charge in [-0.1, -0.05) is 38.5 Å². The standard InChI is InChI=1S/C12H24N2S/c1-10(2)7-5-6-8-13-11-14-12(3,4)9-15-11/h10H,5-9H2,1-4H3,(H,13,14). The molecule has 0 amide bonds. The molecule has 0 spiro atoms. The molecule has 1 heterocycles. The Bertz CT molecular complexity index is 222. The van der Waals surface area contributed by atoms with Crippen molar-refractivity contribution < 1.29 is 0 Å². The third-order valence-electron chi connectivity index (χ3n) is 2.46. The summed E-state index contributed by atoms with van der Waals surface area (Å²) in [7, 11) is 0. The number of nitrogens with zero attached hydrogens (tertiary/aromatic N) is 1. The second-order valence-electron chi connectivity index (χ2n) is 5.37. The van der Waals surface area contributed by atoms with Crippen LogP contribution in [0.15, 0.2) is 4.99 Å². The number of aliphatic imine (C=N–C) groups is 1. The minimum atomic E-state index is 0.238. The largest absolute Gasteiger partial charge is 0.359 e. The Balaban J connectivity index is 2.12. The van der Waals surface area contributed by atoms with E-state index in [0.29, 0.717) is 0 Å². The van der Waals surface area contributed by atoms with Gasteiger partial charge in [0.1, 0.15) is 0 Å². The topological polar surface area (TPSA) is 24.4 Å². The van der Waals surface area contributed by atoms with Gasteiger partial charge in [0.05, 0.1) is 0 Å². The molecule has 1 saturated heterocycles. The Morgan fingerprint density at radius 1 is 1.40 bits per heavy atom. The smallest absolute Gasteiger partial charge is 0.157 e. The molecule has 0 aromatic heterocycles. The summed E-state index contributed by atoms with van der Waals surface area (Å²) in [6, 6.07) is 0. The maximum atomic E-state index is 4.58. The minimum absolute atomic E-state index is 0.238. The molecule has 0 aliphatic carbocycles. The van der Waals surface area contributed by atoms with Crippen molar-refractivity contribution in [3.05, 3.63) is 0 Å². The molecule has 1 N–H and O–H groups in total. The molecular weight excluding hydrogens is 204 g/mol. The average Bonchev–Trinajstić information content (AvgIpc) is 2.44. The second kappa shape index (κ2) is 5.78. The van der Waals surface area contributed by atoms with Crippen LogP contribution in [-0.4, -0.2) is 23.0 Å². The second-order valence-corrected chi connectivity index (χ2v) is 6.34. The van der Waals surface area contributed by atoms with Crippen LogP contribution in [0.3, 0.4) is 0 Å². The highest BCUT2D eigenvalue weighted by atomic mass is 32.2. The molecule has 1 aliphatic heterocycles. The number of hydrogen-bond donors (Lipinski definition) is 1. The maximum Gasteiger partial charge on any atom is 0.157 e. The Hall–Kier alpha value is -0.180. The summed E-state index contributed by atoms with van der Waals surface area (Å²) in [5.74, 6) is 1.97. The molecule has 0 bridgehead atoms. The highest BCUT2D eigenvalue weighted by Gasteiger charge is 2.26. The first kappa shape index (κ1) is 12.9. The molecular formula is C12H24N2S. The highest BCUT2D eigenvalue weighted by molar-refractivity contribution is 8.14. The zero-order valence-electron chi connectivity index (χ0n) is 10.5. The first-order valence-corrected chi connectivity index (χ1v) is 6.93. The Kier molecular flexibility index (Phi) is 4.97. The van der Waals surface area contributed by atoms with Gasteiger partial charge in [0.25, 0.3) is 0 Å². The molecule has 0 aromatic rings. The molecule has 2 nitrogen and oxygen atoms in total. The normalized spacial score (nSPS) is 22.3. The van der Waals surface area contributed by atoms with Crippen LogP contribution in [0, 0.1) is 5.92 Å². The van der Waals surface area contributed by atoms with E-state index >= 15 is 0 Å². The Morgan fingerprint density at radius 3 is 2.67 bits per heavy atom. The van der Waals surface area contributed by atoms with Gasteiger partial charge in [-0.05, 0) is 26.2 Å². The van der Waals surface area contributed by atoms with E-state index in [1.807, 2.05) is 11.8 Å². The van der Waals surface area contributed by atoms with Crippen LogP contribution in [0.1, 0.15) is 47.0 Å². The van der Waals surface area contributed by atoms with Crippen molar-refractivity contribution in [3.8, 4) is 0 Å². The molecule has 0 aromatic carbocycles. The molecule has 0 atom stereocenters. The zero-order chi connectivity index (χ0) is 11.3.